The average molecular weight is 552 g/mol. The van der Waals surface area contributed by atoms with Crippen LogP contribution >= 0.6 is 0 Å². The third kappa shape index (κ3) is 10.3. The van der Waals surface area contributed by atoms with Gasteiger partial charge in [0.1, 0.15) is 5.69 Å². The van der Waals surface area contributed by atoms with E-state index in [0.717, 1.165) is 19.5 Å². The Morgan fingerprint density at radius 3 is 2.15 bits per heavy atom. The van der Waals surface area contributed by atoms with Gasteiger partial charge in [0.25, 0.3) is 0 Å². The molecule has 0 spiro atoms. The first-order valence-electron chi connectivity index (χ1n) is 14.0. The molecule has 12 heteroatoms. The van der Waals surface area contributed by atoms with Gasteiger partial charge >= 0.3 is 0 Å². The predicted octanol–water partition coefficient (Wildman–Crippen LogP) is 1.52. The number of amides is 3. The molecule has 0 aliphatic carbocycles. The van der Waals surface area contributed by atoms with E-state index in [1.54, 1.807) is 10.9 Å². The quantitative estimate of drug-likeness (QED) is 0.209. The van der Waals surface area contributed by atoms with E-state index in [1.165, 1.54) is 4.90 Å². The van der Waals surface area contributed by atoms with Gasteiger partial charge in [-0.25, -0.2) is 4.68 Å². The molecule has 2 aliphatic rings. The van der Waals surface area contributed by atoms with Crippen LogP contribution in [0.5, 0.6) is 0 Å². The molecule has 1 unspecified atom stereocenters. The molecule has 39 heavy (non-hydrogen) atoms. The monoisotopic (exact) mass is 551 g/mol. The lowest BCUT2D eigenvalue weighted by Crippen LogP contribution is -2.33. The largest absolute Gasteiger partial charge is 0.379 e. The second kappa shape index (κ2) is 15.4. The Kier molecular flexibility index (Phi) is 12.3. The lowest BCUT2D eigenvalue weighted by Gasteiger charge is -2.24. The summed E-state index contributed by atoms with van der Waals surface area (Å²) in [5.74, 6) is 0.172. The molecular weight excluding hydrogens is 506 g/mol. The van der Waals surface area contributed by atoms with E-state index >= 15 is 0 Å². The third-order valence-corrected chi connectivity index (χ3v) is 7.01. The number of nitrogens with zero attached hydrogens (tertiary/aromatic N) is 5. The number of likely N-dealkylation sites (tertiary alicyclic amines) is 2. The Hall–Kier alpha value is -2.41. The summed E-state index contributed by atoms with van der Waals surface area (Å²) in [5, 5.41) is 8.15. The number of carbonyl (C=O) groups excluding carboxylic acids is 3. The zero-order valence-corrected chi connectivity index (χ0v) is 23.9. The van der Waals surface area contributed by atoms with Crippen molar-refractivity contribution in [1.82, 2.24) is 24.8 Å². The van der Waals surface area contributed by atoms with Gasteiger partial charge in [-0.1, -0.05) is 32.9 Å². The highest BCUT2D eigenvalue weighted by molar-refractivity contribution is 6.03. The van der Waals surface area contributed by atoms with E-state index in [1.807, 2.05) is 25.7 Å². The molecule has 0 aromatic carbocycles. The maximum Gasteiger partial charge on any atom is 0.233 e. The molecule has 3 amide bonds. The van der Waals surface area contributed by atoms with Gasteiger partial charge in [0.2, 0.25) is 17.7 Å². The zero-order valence-electron chi connectivity index (χ0n) is 23.9. The number of aromatic nitrogens is 3. The van der Waals surface area contributed by atoms with Gasteiger partial charge < -0.3 is 23.8 Å². The predicted molar refractivity (Wildman–Crippen MR) is 141 cm³/mol. The van der Waals surface area contributed by atoms with E-state index in [0.29, 0.717) is 77.4 Å². The number of imide groups is 1. The van der Waals surface area contributed by atoms with Gasteiger partial charge in [-0.2, -0.15) is 0 Å². The normalized spacial score (nSPS) is 20.0. The molecule has 12 nitrogen and oxygen atoms in total. The standard InChI is InChI=1S/C27H45N5O7/c1-21-5-7-30(18-21)24(33)6-9-36-11-13-38-15-16-39-14-12-37-10-8-31-19-22(28-29-31)20-32-25(34)17-23(26(32)35)27(2,3)4/h19,21,23H,5-18,20H2,1-4H3/t21-,23?/m1/s1. The number of carbonyl (C=O) groups is 3. The first-order valence-corrected chi connectivity index (χ1v) is 14.0. The highest BCUT2D eigenvalue weighted by atomic mass is 16.6. The lowest BCUT2D eigenvalue weighted by atomic mass is 9.80. The highest BCUT2D eigenvalue weighted by Crippen LogP contribution is 2.35. The second-order valence-electron chi connectivity index (χ2n) is 11.3. The molecule has 2 saturated heterocycles. The number of hydrogen-bond acceptors (Lipinski definition) is 9. The van der Waals surface area contributed by atoms with Crippen LogP contribution in [0, 0.1) is 17.3 Å². The van der Waals surface area contributed by atoms with Gasteiger partial charge in [0, 0.05) is 19.5 Å². The average Bonchev–Trinajstić information content (AvgIpc) is 3.59. The summed E-state index contributed by atoms with van der Waals surface area (Å²) in [6, 6.07) is 0. The minimum atomic E-state index is -0.298. The number of hydrogen-bond donors (Lipinski definition) is 0. The number of ether oxygens (including phenoxy) is 4. The van der Waals surface area contributed by atoms with Crippen LogP contribution in [0.2, 0.25) is 0 Å². The van der Waals surface area contributed by atoms with Crippen LogP contribution < -0.4 is 0 Å². The van der Waals surface area contributed by atoms with E-state index in [2.05, 4.69) is 17.2 Å². The number of rotatable bonds is 17. The van der Waals surface area contributed by atoms with Crippen LogP contribution in [0.4, 0.5) is 0 Å². The molecule has 0 radical (unpaired) electrons. The van der Waals surface area contributed by atoms with Crippen molar-refractivity contribution < 1.29 is 33.3 Å². The molecule has 2 aliphatic heterocycles. The van der Waals surface area contributed by atoms with E-state index in [9.17, 15) is 14.4 Å². The molecule has 3 rings (SSSR count). The van der Waals surface area contributed by atoms with Crippen molar-refractivity contribution in [2.45, 2.75) is 60.0 Å². The molecule has 2 fully saturated rings. The summed E-state index contributed by atoms with van der Waals surface area (Å²) in [5.41, 5.74) is 0.322. The van der Waals surface area contributed by atoms with Gasteiger partial charge in [-0.3, -0.25) is 19.3 Å². The first-order chi connectivity index (χ1) is 18.6. The molecule has 220 valence electrons. The lowest BCUT2D eigenvalue weighted by molar-refractivity contribution is -0.141. The van der Waals surface area contributed by atoms with Crippen molar-refractivity contribution in [2.75, 3.05) is 65.9 Å². The van der Waals surface area contributed by atoms with Crippen molar-refractivity contribution in [3.8, 4) is 0 Å². The third-order valence-electron chi connectivity index (χ3n) is 7.01. The second-order valence-corrected chi connectivity index (χ2v) is 11.3. The Bertz CT molecular complexity index is 932. The van der Waals surface area contributed by atoms with Crippen LogP contribution in [0.3, 0.4) is 0 Å². The van der Waals surface area contributed by atoms with Gasteiger partial charge in [-0.15, -0.1) is 5.10 Å². The van der Waals surface area contributed by atoms with Crippen LogP contribution in [0.1, 0.15) is 52.7 Å². The molecule has 3 heterocycles. The molecule has 2 atom stereocenters. The van der Waals surface area contributed by atoms with Crippen molar-refractivity contribution in [3.05, 3.63) is 11.9 Å². The first kappa shape index (κ1) is 31.1. The zero-order chi connectivity index (χ0) is 28.3. The van der Waals surface area contributed by atoms with Gasteiger partial charge in [0.05, 0.1) is 84.5 Å². The maximum atomic E-state index is 12.6. The molecule has 1 aromatic rings. The Morgan fingerprint density at radius 1 is 0.974 bits per heavy atom. The van der Waals surface area contributed by atoms with Crippen molar-refractivity contribution in [2.24, 2.45) is 17.3 Å². The smallest absolute Gasteiger partial charge is 0.233 e. The van der Waals surface area contributed by atoms with Crippen molar-refractivity contribution in [1.29, 1.82) is 0 Å². The summed E-state index contributed by atoms with van der Waals surface area (Å²) in [6.07, 6.45) is 3.49. The molecule has 0 N–H and O–H groups in total. The highest BCUT2D eigenvalue weighted by Gasteiger charge is 2.44. The summed E-state index contributed by atoms with van der Waals surface area (Å²) in [6.45, 7) is 14.1. The minimum Gasteiger partial charge on any atom is -0.379 e. The molecular formula is C27H45N5O7. The Morgan fingerprint density at radius 2 is 1.59 bits per heavy atom. The van der Waals surface area contributed by atoms with E-state index in [-0.39, 0.29) is 42.0 Å². The van der Waals surface area contributed by atoms with Gasteiger partial charge in [0.15, 0.2) is 0 Å². The fourth-order valence-corrected chi connectivity index (χ4v) is 4.61. The molecule has 0 saturated carbocycles. The van der Waals surface area contributed by atoms with Gasteiger partial charge in [-0.05, 0) is 17.8 Å². The maximum absolute atomic E-state index is 12.6. The van der Waals surface area contributed by atoms with Crippen LogP contribution in [0.25, 0.3) is 0 Å². The Balaban J connectivity index is 1.13. The fraction of sp³-hybridized carbons (Fsp3) is 0.815. The summed E-state index contributed by atoms with van der Waals surface area (Å²) >= 11 is 0. The summed E-state index contributed by atoms with van der Waals surface area (Å²) in [7, 11) is 0. The van der Waals surface area contributed by atoms with Crippen molar-refractivity contribution >= 4 is 17.7 Å². The SMILES string of the molecule is C[C@@H]1CCN(C(=O)CCOCCOCCOCCOCCn2cc(CN3C(=O)CC(C(C)(C)C)C3=O)nn2)C1. The molecule has 0 bridgehead atoms. The topological polar surface area (TPSA) is 125 Å². The van der Waals surface area contributed by atoms with Crippen molar-refractivity contribution in [3.63, 3.8) is 0 Å². The van der Waals surface area contributed by atoms with Crippen LogP contribution in [-0.4, -0.2) is 108 Å². The summed E-state index contributed by atoms with van der Waals surface area (Å²) in [4.78, 5) is 40.2. The Labute approximate surface area is 231 Å². The summed E-state index contributed by atoms with van der Waals surface area (Å²) < 4.78 is 23.7. The van der Waals surface area contributed by atoms with Crippen LogP contribution in [-0.2, 0) is 46.4 Å². The van der Waals surface area contributed by atoms with E-state index in [4.69, 9.17) is 18.9 Å². The fourth-order valence-electron chi connectivity index (χ4n) is 4.61. The minimum absolute atomic E-state index is 0.139. The van der Waals surface area contributed by atoms with Crippen LogP contribution in [0.15, 0.2) is 6.20 Å². The molecule has 1 aromatic heterocycles. The van der Waals surface area contributed by atoms with E-state index < -0.39 is 0 Å².